The van der Waals surface area contributed by atoms with Crippen molar-refractivity contribution in [2.24, 2.45) is 5.92 Å². The van der Waals surface area contributed by atoms with Gasteiger partial charge in [0.05, 0.1) is 5.59 Å². The predicted molar refractivity (Wildman–Crippen MR) is 58.5 cm³/mol. The molecule has 0 bridgehead atoms. The highest BCUT2D eigenvalue weighted by atomic mass is 16.4. The van der Waals surface area contributed by atoms with Gasteiger partial charge in [0.25, 0.3) is 0 Å². The number of aromatic nitrogens is 1. The van der Waals surface area contributed by atoms with Gasteiger partial charge in [0.2, 0.25) is 0 Å². The van der Waals surface area contributed by atoms with E-state index in [2.05, 4.69) is 16.8 Å². The lowest BCUT2D eigenvalue weighted by Gasteiger charge is -2.37. The third kappa shape index (κ3) is 2.37. The fourth-order valence-corrected chi connectivity index (χ4v) is 2.02. The molecule has 1 fully saturated rings. The van der Waals surface area contributed by atoms with Crippen molar-refractivity contribution in [3.05, 3.63) is 23.9 Å². The minimum absolute atomic E-state index is 0.372. The Labute approximate surface area is 89.7 Å². The first-order chi connectivity index (χ1) is 7.16. The molecule has 4 nitrogen and oxygen atoms in total. The molecular weight excluding hydrogens is 191 g/mol. The molecule has 80 valence electrons. The summed E-state index contributed by atoms with van der Waals surface area (Å²) in [5, 5.41) is 18.3. The van der Waals surface area contributed by atoms with Crippen LogP contribution in [0.5, 0.6) is 0 Å². The number of rotatable bonds is 3. The zero-order valence-electron chi connectivity index (χ0n) is 8.80. The molecule has 0 atom stereocenters. The van der Waals surface area contributed by atoms with E-state index in [9.17, 15) is 0 Å². The lowest BCUT2D eigenvalue weighted by molar-refractivity contribution is 0.105. The van der Waals surface area contributed by atoms with Gasteiger partial charge < -0.3 is 10.0 Å². The first-order valence-electron chi connectivity index (χ1n) is 5.19. The lowest BCUT2D eigenvalue weighted by Crippen LogP contribution is -2.46. The second kappa shape index (κ2) is 4.30. The molecule has 15 heavy (non-hydrogen) atoms. The molecule has 1 aromatic heterocycles. The van der Waals surface area contributed by atoms with Gasteiger partial charge in [-0.2, -0.15) is 0 Å². The van der Waals surface area contributed by atoms with E-state index < -0.39 is 7.12 Å². The molecule has 0 saturated carbocycles. The summed E-state index contributed by atoms with van der Waals surface area (Å²) in [4.78, 5) is 6.25. The SMILES string of the molecule is CC1CN(Cc2cccnc2B(O)O)C1. The Morgan fingerprint density at radius 2 is 2.27 bits per heavy atom. The van der Waals surface area contributed by atoms with Crippen molar-refractivity contribution in [3.63, 3.8) is 0 Å². The summed E-state index contributed by atoms with van der Waals surface area (Å²) in [6.45, 7) is 5.12. The van der Waals surface area contributed by atoms with Gasteiger partial charge in [-0.15, -0.1) is 0 Å². The maximum atomic E-state index is 9.13. The molecule has 2 N–H and O–H groups in total. The van der Waals surface area contributed by atoms with Gasteiger partial charge in [-0.25, -0.2) is 0 Å². The van der Waals surface area contributed by atoms with Crippen LogP contribution in [0.15, 0.2) is 18.3 Å². The molecule has 0 unspecified atom stereocenters. The number of hydrogen-bond donors (Lipinski definition) is 2. The Kier molecular flexibility index (Phi) is 3.04. The largest absolute Gasteiger partial charge is 0.508 e. The second-order valence-corrected chi connectivity index (χ2v) is 4.22. The van der Waals surface area contributed by atoms with Gasteiger partial charge in [0.1, 0.15) is 0 Å². The Morgan fingerprint density at radius 3 is 2.87 bits per heavy atom. The van der Waals surface area contributed by atoms with E-state index in [1.807, 2.05) is 12.1 Å². The Bertz CT molecular complexity index is 340. The predicted octanol–water partition coefficient (Wildman–Crippen LogP) is -0.787. The normalized spacial score (nSPS) is 17.5. The number of hydrogen-bond acceptors (Lipinski definition) is 4. The van der Waals surface area contributed by atoms with Crippen LogP contribution in [-0.2, 0) is 6.54 Å². The van der Waals surface area contributed by atoms with Crippen LogP contribution >= 0.6 is 0 Å². The molecule has 5 heteroatoms. The van der Waals surface area contributed by atoms with E-state index in [1.54, 1.807) is 6.20 Å². The van der Waals surface area contributed by atoms with Crippen molar-refractivity contribution >= 4 is 12.7 Å². The van der Waals surface area contributed by atoms with Gasteiger partial charge >= 0.3 is 7.12 Å². The Balaban J connectivity index is 2.07. The van der Waals surface area contributed by atoms with Gasteiger partial charge in [-0.1, -0.05) is 13.0 Å². The lowest BCUT2D eigenvalue weighted by atomic mass is 9.81. The molecule has 2 rings (SSSR count). The molecular formula is C10H15BN2O2. The van der Waals surface area contributed by atoms with Crippen molar-refractivity contribution in [1.82, 2.24) is 9.88 Å². The minimum Gasteiger partial charge on any atom is -0.422 e. The van der Waals surface area contributed by atoms with E-state index in [0.717, 1.165) is 31.1 Å². The van der Waals surface area contributed by atoms with Crippen LogP contribution < -0.4 is 5.59 Å². The van der Waals surface area contributed by atoms with E-state index >= 15 is 0 Å². The molecule has 0 aliphatic carbocycles. The van der Waals surface area contributed by atoms with E-state index in [1.165, 1.54) is 0 Å². The Morgan fingerprint density at radius 1 is 1.53 bits per heavy atom. The van der Waals surface area contributed by atoms with Gasteiger partial charge in [-0.3, -0.25) is 9.88 Å². The highest BCUT2D eigenvalue weighted by molar-refractivity contribution is 6.58. The van der Waals surface area contributed by atoms with Crippen LogP contribution in [0.2, 0.25) is 0 Å². The highest BCUT2D eigenvalue weighted by Gasteiger charge is 2.25. The van der Waals surface area contributed by atoms with Crippen LogP contribution in [0.3, 0.4) is 0 Å². The molecule has 0 radical (unpaired) electrons. The van der Waals surface area contributed by atoms with Gasteiger partial charge in [-0.05, 0) is 17.5 Å². The van der Waals surface area contributed by atoms with Crippen molar-refractivity contribution < 1.29 is 10.0 Å². The van der Waals surface area contributed by atoms with Gasteiger partial charge in [0, 0.05) is 25.8 Å². The third-order valence-electron chi connectivity index (χ3n) is 2.70. The van der Waals surface area contributed by atoms with E-state index in [0.29, 0.717) is 5.59 Å². The van der Waals surface area contributed by atoms with Crippen molar-refractivity contribution in [2.75, 3.05) is 13.1 Å². The first kappa shape index (κ1) is 10.6. The average molecular weight is 206 g/mol. The maximum absolute atomic E-state index is 9.13. The molecule has 2 heterocycles. The van der Waals surface area contributed by atoms with Crippen molar-refractivity contribution in [1.29, 1.82) is 0 Å². The number of nitrogens with zero attached hydrogens (tertiary/aromatic N) is 2. The monoisotopic (exact) mass is 206 g/mol. The summed E-state index contributed by atoms with van der Waals surface area (Å²) in [5.41, 5.74) is 1.27. The number of pyridine rings is 1. The molecule has 1 aliphatic heterocycles. The standard InChI is InChI=1S/C10H15BN2O2/c1-8-5-13(6-8)7-9-3-2-4-12-10(9)11(14)15/h2-4,8,14-15H,5-7H2,1H3. The minimum atomic E-state index is -1.47. The second-order valence-electron chi connectivity index (χ2n) is 4.22. The van der Waals surface area contributed by atoms with Gasteiger partial charge in [0.15, 0.2) is 0 Å². The molecule has 1 aromatic rings. The maximum Gasteiger partial charge on any atom is 0.508 e. The molecule has 0 aromatic carbocycles. The van der Waals surface area contributed by atoms with Crippen LogP contribution in [0.25, 0.3) is 0 Å². The summed E-state index contributed by atoms with van der Waals surface area (Å²) in [7, 11) is -1.47. The summed E-state index contributed by atoms with van der Waals surface area (Å²) in [6, 6.07) is 3.72. The molecule has 0 spiro atoms. The average Bonchev–Trinajstić information content (AvgIpc) is 2.16. The van der Waals surface area contributed by atoms with Crippen LogP contribution in [0, 0.1) is 5.92 Å². The summed E-state index contributed by atoms with van der Waals surface area (Å²) in [6.07, 6.45) is 1.58. The highest BCUT2D eigenvalue weighted by Crippen LogP contribution is 2.16. The topological polar surface area (TPSA) is 56.6 Å². The van der Waals surface area contributed by atoms with Crippen molar-refractivity contribution in [3.8, 4) is 0 Å². The van der Waals surface area contributed by atoms with Crippen LogP contribution in [-0.4, -0.2) is 40.1 Å². The van der Waals surface area contributed by atoms with Crippen LogP contribution in [0.1, 0.15) is 12.5 Å². The summed E-state index contributed by atoms with van der Waals surface area (Å²) >= 11 is 0. The summed E-state index contributed by atoms with van der Waals surface area (Å²) < 4.78 is 0. The van der Waals surface area contributed by atoms with Crippen molar-refractivity contribution in [2.45, 2.75) is 13.5 Å². The van der Waals surface area contributed by atoms with Crippen LogP contribution in [0.4, 0.5) is 0 Å². The fourth-order valence-electron chi connectivity index (χ4n) is 2.02. The fraction of sp³-hybridized carbons (Fsp3) is 0.500. The smallest absolute Gasteiger partial charge is 0.422 e. The van der Waals surface area contributed by atoms with E-state index in [-0.39, 0.29) is 0 Å². The number of likely N-dealkylation sites (tertiary alicyclic amines) is 1. The quantitative estimate of drug-likeness (QED) is 0.636. The summed E-state index contributed by atoms with van der Waals surface area (Å²) in [5.74, 6) is 0.754. The zero-order chi connectivity index (χ0) is 10.8. The third-order valence-corrected chi connectivity index (χ3v) is 2.70. The molecule has 0 amide bonds. The first-order valence-corrected chi connectivity index (χ1v) is 5.19. The Hall–Kier alpha value is -0.905. The molecule has 1 aliphatic rings. The molecule has 1 saturated heterocycles. The zero-order valence-corrected chi connectivity index (χ0v) is 8.80. The van der Waals surface area contributed by atoms with E-state index in [4.69, 9.17) is 10.0 Å².